The van der Waals surface area contributed by atoms with E-state index in [2.05, 4.69) is 21.9 Å². The first-order valence-electron chi connectivity index (χ1n) is 8.72. The predicted octanol–water partition coefficient (Wildman–Crippen LogP) is 2.26. The summed E-state index contributed by atoms with van der Waals surface area (Å²) in [5.74, 6) is 1.68. The molecule has 1 aliphatic heterocycles. The molecular formula is C20H26N2O3. The van der Waals surface area contributed by atoms with Crippen LogP contribution >= 0.6 is 0 Å². The van der Waals surface area contributed by atoms with Gasteiger partial charge in [-0.05, 0) is 24.3 Å². The Balaban J connectivity index is 1.42. The Morgan fingerprint density at radius 2 is 1.68 bits per heavy atom. The first-order chi connectivity index (χ1) is 12.2. The fraction of sp³-hybridized carbons (Fsp3) is 0.400. The standard InChI is InChI=1S/C20H26N2O3/c1-24-20-9-5-6-17(14-20)22-12-10-21(11-13-22)15-18(23)16-25-19-7-3-2-4-8-19/h2-9,14,18,23H,10-13,15-16H2,1H3. The monoisotopic (exact) mass is 342 g/mol. The van der Waals surface area contributed by atoms with Crippen LogP contribution in [0, 0.1) is 0 Å². The Bertz CT molecular complexity index is 642. The van der Waals surface area contributed by atoms with Crippen molar-refractivity contribution in [2.24, 2.45) is 0 Å². The highest BCUT2D eigenvalue weighted by Gasteiger charge is 2.20. The lowest BCUT2D eigenvalue weighted by molar-refractivity contribution is 0.0663. The van der Waals surface area contributed by atoms with Crippen LogP contribution in [0.4, 0.5) is 5.69 Å². The Morgan fingerprint density at radius 3 is 2.40 bits per heavy atom. The van der Waals surface area contributed by atoms with E-state index in [1.807, 2.05) is 42.5 Å². The largest absolute Gasteiger partial charge is 0.497 e. The highest BCUT2D eigenvalue weighted by atomic mass is 16.5. The zero-order valence-corrected chi connectivity index (χ0v) is 14.7. The summed E-state index contributed by atoms with van der Waals surface area (Å²) in [6, 6.07) is 17.8. The Labute approximate surface area is 149 Å². The van der Waals surface area contributed by atoms with Gasteiger partial charge in [-0.2, -0.15) is 0 Å². The summed E-state index contributed by atoms with van der Waals surface area (Å²) in [6.45, 7) is 4.71. The second-order valence-electron chi connectivity index (χ2n) is 6.27. The van der Waals surface area contributed by atoms with Gasteiger partial charge in [-0.25, -0.2) is 0 Å². The molecule has 0 amide bonds. The highest BCUT2D eigenvalue weighted by molar-refractivity contribution is 5.51. The van der Waals surface area contributed by atoms with E-state index in [9.17, 15) is 5.11 Å². The van der Waals surface area contributed by atoms with Crippen molar-refractivity contribution >= 4 is 5.69 Å². The summed E-state index contributed by atoms with van der Waals surface area (Å²) < 4.78 is 10.9. The van der Waals surface area contributed by atoms with Crippen molar-refractivity contribution in [3.8, 4) is 11.5 Å². The van der Waals surface area contributed by atoms with Crippen molar-refractivity contribution in [1.82, 2.24) is 4.90 Å². The number of piperazine rings is 1. The van der Waals surface area contributed by atoms with Crippen LogP contribution in [0.2, 0.25) is 0 Å². The average molecular weight is 342 g/mol. The van der Waals surface area contributed by atoms with Crippen LogP contribution in [0.3, 0.4) is 0 Å². The van der Waals surface area contributed by atoms with Crippen LogP contribution in [0.1, 0.15) is 0 Å². The molecule has 1 N–H and O–H groups in total. The lowest BCUT2D eigenvalue weighted by atomic mass is 10.2. The number of rotatable bonds is 7. The third-order valence-corrected chi connectivity index (χ3v) is 4.45. The Hall–Kier alpha value is -2.24. The van der Waals surface area contributed by atoms with Crippen LogP contribution in [0.25, 0.3) is 0 Å². The van der Waals surface area contributed by atoms with Crippen LogP contribution in [-0.2, 0) is 0 Å². The molecule has 1 atom stereocenters. The molecule has 1 unspecified atom stereocenters. The quantitative estimate of drug-likeness (QED) is 0.836. The smallest absolute Gasteiger partial charge is 0.120 e. The van der Waals surface area contributed by atoms with Gasteiger partial charge < -0.3 is 19.5 Å². The predicted molar refractivity (Wildman–Crippen MR) is 99.6 cm³/mol. The molecule has 1 heterocycles. The third-order valence-electron chi connectivity index (χ3n) is 4.45. The molecule has 3 rings (SSSR count). The van der Waals surface area contributed by atoms with E-state index in [0.717, 1.165) is 37.7 Å². The minimum Gasteiger partial charge on any atom is -0.497 e. The summed E-state index contributed by atoms with van der Waals surface area (Å²) in [4.78, 5) is 4.64. The molecule has 1 fully saturated rings. The molecule has 25 heavy (non-hydrogen) atoms. The van der Waals surface area contributed by atoms with Crippen LogP contribution in [0.5, 0.6) is 11.5 Å². The van der Waals surface area contributed by atoms with Gasteiger partial charge in [0.2, 0.25) is 0 Å². The number of benzene rings is 2. The van der Waals surface area contributed by atoms with Gasteiger partial charge in [-0.1, -0.05) is 24.3 Å². The molecule has 0 radical (unpaired) electrons. The van der Waals surface area contributed by atoms with E-state index in [1.54, 1.807) is 7.11 Å². The lowest BCUT2D eigenvalue weighted by Gasteiger charge is -2.37. The van der Waals surface area contributed by atoms with Crippen molar-refractivity contribution in [2.75, 3.05) is 51.3 Å². The topological polar surface area (TPSA) is 45.2 Å². The van der Waals surface area contributed by atoms with E-state index in [-0.39, 0.29) is 0 Å². The molecule has 0 aromatic heterocycles. The second-order valence-corrected chi connectivity index (χ2v) is 6.27. The average Bonchev–Trinajstić information content (AvgIpc) is 2.68. The Kier molecular flexibility index (Phi) is 6.14. The van der Waals surface area contributed by atoms with Crippen molar-refractivity contribution in [3.63, 3.8) is 0 Å². The van der Waals surface area contributed by atoms with Gasteiger partial charge in [-0.15, -0.1) is 0 Å². The molecule has 1 aliphatic rings. The van der Waals surface area contributed by atoms with Gasteiger partial charge in [0.05, 0.1) is 7.11 Å². The first kappa shape index (κ1) is 17.6. The highest BCUT2D eigenvalue weighted by Crippen LogP contribution is 2.22. The van der Waals surface area contributed by atoms with Crippen molar-refractivity contribution < 1.29 is 14.6 Å². The number of hydrogen-bond acceptors (Lipinski definition) is 5. The molecule has 2 aromatic carbocycles. The number of para-hydroxylation sites is 1. The molecule has 0 spiro atoms. The number of hydrogen-bond donors (Lipinski definition) is 1. The number of anilines is 1. The fourth-order valence-corrected chi connectivity index (χ4v) is 3.06. The van der Waals surface area contributed by atoms with Gasteiger partial charge in [0.25, 0.3) is 0 Å². The summed E-state index contributed by atoms with van der Waals surface area (Å²) in [5, 5.41) is 10.2. The van der Waals surface area contributed by atoms with E-state index >= 15 is 0 Å². The normalized spacial score (nSPS) is 16.5. The third kappa shape index (κ3) is 5.11. The number of β-amino-alcohol motifs (C(OH)–C–C–N with tert-alkyl or cyclic N) is 1. The minimum atomic E-state index is -0.483. The maximum Gasteiger partial charge on any atom is 0.120 e. The molecule has 0 bridgehead atoms. The summed E-state index contributed by atoms with van der Waals surface area (Å²) in [5.41, 5.74) is 1.19. The van der Waals surface area contributed by atoms with Crippen molar-refractivity contribution in [1.29, 1.82) is 0 Å². The number of aliphatic hydroxyl groups is 1. The minimum absolute atomic E-state index is 0.320. The van der Waals surface area contributed by atoms with Crippen molar-refractivity contribution in [2.45, 2.75) is 6.10 Å². The van der Waals surface area contributed by atoms with Crippen LogP contribution in [0.15, 0.2) is 54.6 Å². The second kappa shape index (κ2) is 8.74. The van der Waals surface area contributed by atoms with Gasteiger partial charge in [-0.3, -0.25) is 4.90 Å². The number of ether oxygens (including phenoxy) is 2. The van der Waals surface area contributed by atoms with Gasteiger partial charge >= 0.3 is 0 Å². The SMILES string of the molecule is COc1cccc(N2CCN(CC(O)COc3ccccc3)CC2)c1. The molecule has 0 aliphatic carbocycles. The van der Waals surface area contributed by atoms with E-state index in [4.69, 9.17) is 9.47 Å². The molecule has 5 heteroatoms. The maximum absolute atomic E-state index is 10.2. The maximum atomic E-state index is 10.2. The van der Waals surface area contributed by atoms with Gasteiger partial charge in [0, 0.05) is 44.5 Å². The molecule has 1 saturated heterocycles. The van der Waals surface area contributed by atoms with Crippen molar-refractivity contribution in [3.05, 3.63) is 54.6 Å². The fourth-order valence-electron chi connectivity index (χ4n) is 3.06. The van der Waals surface area contributed by atoms with E-state index < -0.39 is 6.10 Å². The lowest BCUT2D eigenvalue weighted by Crippen LogP contribution is -2.49. The summed E-state index contributed by atoms with van der Waals surface area (Å²) in [7, 11) is 1.69. The molecule has 2 aromatic rings. The number of aliphatic hydroxyl groups excluding tert-OH is 1. The zero-order valence-electron chi connectivity index (χ0n) is 14.7. The summed E-state index contributed by atoms with van der Waals surface area (Å²) in [6.07, 6.45) is -0.483. The van der Waals surface area contributed by atoms with Crippen LogP contribution in [-0.4, -0.2) is 62.6 Å². The molecule has 134 valence electrons. The van der Waals surface area contributed by atoms with Gasteiger partial charge in [0.15, 0.2) is 0 Å². The summed E-state index contributed by atoms with van der Waals surface area (Å²) >= 11 is 0. The van der Waals surface area contributed by atoms with E-state index in [0.29, 0.717) is 13.2 Å². The first-order valence-corrected chi connectivity index (χ1v) is 8.72. The zero-order chi connectivity index (χ0) is 17.5. The van der Waals surface area contributed by atoms with E-state index in [1.165, 1.54) is 5.69 Å². The Morgan fingerprint density at radius 1 is 0.960 bits per heavy atom. The molecule has 0 saturated carbocycles. The van der Waals surface area contributed by atoms with Crippen LogP contribution < -0.4 is 14.4 Å². The molecular weight excluding hydrogens is 316 g/mol. The number of methoxy groups -OCH3 is 1. The number of nitrogens with zero attached hydrogens (tertiary/aromatic N) is 2. The molecule has 5 nitrogen and oxygen atoms in total. The van der Waals surface area contributed by atoms with Gasteiger partial charge in [0.1, 0.15) is 24.2 Å².